The van der Waals surface area contributed by atoms with Gasteiger partial charge >= 0.3 is 0 Å². The standard InChI is InChI=1S/C18H26N2O3/c1-12(23-11-13-4-3-5-17(8-13)22-2)18(21)20-16-9-14-6-7-15(10-16)19-14/h3-5,8,12,14-16,19H,6-7,9-11H2,1-2H3,(H,20,21). The summed E-state index contributed by atoms with van der Waals surface area (Å²) < 4.78 is 10.9. The predicted octanol–water partition coefficient (Wildman–Crippen LogP) is 2.00. The Morgan fingerprint density at radius 2 is 2.09 bits per heavy atom. The van der Waals surface area contributed by atoms with Crippen LogP contribution in [0.25, 0.3) is 0 Å². The molecule has 2 bridgehead atoms. The molecule has 2 aliphatic heterocycles. The molecule has 2 aliphatic rings. The molecule has 5 nitrogen and oxygen atoms in total. The normalized spacial score (nSPS) is 27.5. The minimum atomic E-state index is -0.450. The number of carbonyl (C=O) groups excluding carboxylic acids is 1. The lowest BCUT2D eigenvalue weighted by atomic mass is 9.99. The molecule has 3 unspecified atom stereocenters. The van der Waals surface area contributed by atoms with E-state index in [4.69, 9.17) is 9.47 Å². The first-order chi connectivity index (χ1) is 11.1. The van der Waals surface area contributed by atoms with E-state index in [1.54, 1.807) is 7.11 Å². The summed E-state index contributed by atoms with van der Waals surface area (Å²) in [5.74, 6) is 0.785. The Bertz CT molecular complexity index is 537. The monoisotopic (exact) mass is 318 g/mol. The molecule has 3 rings (SSSR count). The number of fused-ring (bicyclic) bond motifs is 2. The largest absolute Gasteiger partial charge is 0.497 e. The van der Waals surface area contributed by atoms with Crippen LogP contribution in [0.4, 0.5) is 0 Å². The second kappa shape index (κ2) is 7.32. The molecule has 5 heteroatoms. The Labute approximate surface area is 137 Å². The fourth-order valence-electron chi connectivity index (χ4n) is 3.55. The fraction of sp³-hybridized carbons (Fsp3) is 0.611. The van der Waals surface area contributed by atoms with Gasteiger partial charge in [-0.2, -0.15) is 0 Å². The van der Waals surface area contributed by atoms with Crippen LogP contribution in [-0.4, -0.2) is 37.2 Å². The molecule has 0 aliphatic carbocycles. The summed E-state index contributed by atoms with van der Waals surface area (Å²) in [5, 5.41) is 6.74. The Hall–Kier alpha value is -1.59. The van der Waals surface area contributed by atoms with Gasteiger partial charge < -0.3 is 20.1 Å². The second-order valence-electron chi connectivity index (χ2n) is 6.62. The molecule has 0 radical (unpaired) electrons. The van der Waals surface area contributed by atoms with E-state index in [2.05, 4.69) is 10.6 Å². The molecule has 126 valence electrons. The van der Waals surface area contributed by atoms with Crippen LogP contribution < -0.4 is 15.4 Å². The zero-order valence-corrected chi connectivity index (χ0v) is 13.9. The van der Waals surface area contributed by atoms with Crippen molar-refractivity contribution in [3.63, 3.8) is 0 Å². The van der Waals surface area contributed by atoms with Gasteiger partial charge in [0.1, 0.15) is 11.9 Å². The van der Waals surface area contributed by atoms with Gasteiger partial charge in [-0.3, -0.25) is 4.79 Å². The number of benzene rings is 1. The van der Waals surface area contributed by atoms with Crippen molar-refractivity contribution in [3.05, 3.63) is 29.8 Å². The summed E-state index contributed by atoms with van der Waals surface area (Å²) >= 11 is 0. The molecule has 0 saturated carbocycles. The van der Waals surface area contributed by atoms with E-state index in [0.717, 1.165) is 24.2 Å². The Balaban J connectivity index is 1.45. The Morgan fingerprint density at radius 1 is 1.35 bits per heavy atom. The van der Waals surface area contributed by atoms with E-state index >= 15 is 0 Å². The number of piperidine rings is 1. The van der Waals surface area contributed by atoms with Gasteiger partial charge in [-0.05, 0) is 50.3 Å². The zero-order valence-electron chi connectivity index (χ0n) is 13.9. The van der Waals surface area contributed by atoms with Crippen LogP contribution in [0.3, 0.4) is 0 Å². The maximum atomic E-state index is 12.3. The lowest BCUT2D eigenvalue weighted by Gasteiger charge is -2.30. The Morgan fingerprint density at radius 3 is 2.78 bits per heavy atom. The number of hydrogen-bond donors (Lipinski definition) is 2. The van der Waals surface area contributed by atoms with Crippen LogP contribution in [0.1, 0.15) is 38.2 Å². The van der Waals surface area contributed by atoms with E-state index in [9.17, 15) is 4.79 Å². The van der Waals surface area contributed by atoms with Gasteiger partial charge in [-0.1, -0.05) is 12.1 Å². The highest BCUT2D eigenvalue weighted by Crippen LogP contribution is 2.26. The smallest absolute Gasteiger partial charge is 0.249 e. The van der Waals surface area contributed by atoms with Crippen LogP contribution in [0.15, 0.2) is 24.3 Å². The third kappa shape index (κ3) is 4.24. The number of nitrogens with one attached hydrogen (secondary N) is 2. The predicted molar refractivity (Wildman–Crippen MR) is 88.4 cm³/mol. The van der Waals surface area contributed by atoms with Gasteiger partial charge in [0.2, 0.25) is 5.91 Å². The van der Waals surface area contributed by atoms with Crippen molar-refractivity contribution >= 4 is 5.91 Å². The molecule has 0 aromatic heterocycles. The van der Waals surface area contributed by atoms with Crippen LogP contribution in [0, 0.1) is 0 Å². The minimum Gasteiger partial charge on any atom is -0.497 e. The molecular formula is C18H26N2O3. The van der Waals surface area contributed by atoms with Crippen LogP contribution >= 0.6 is 0 Å². The van der Waals surface area contributed by atoms with Crippen molar-refractivity contribution in [3.8, 4) is 5.75 Å². The molecule has 1 amide bonds. The summed E-state index contributed by atoms with van der Waals surface area (Å²) in [6.45, 7) is 2.22. The summed E-state index contributed by atoms with van der Waals surface area (Å²) in [4.78, 5) is 12.3. The summed E-state index contributed by atoms with van der Waals surface area (Å²) in [6, 6.07) is 9.15. The van der Waals surface area contributed by atoms with Crippen molar-refractivity contribution < 1.29 is 14.3 Å². The molecule has 2 fully saturated rings. The summed E-state index contributed by atoms with van der Waals surface area (Å²) in [6.07, 6.45) is 4.09. The number of amides is 1. The quantitative estimate of drug-likeness (QED) is 0.842. The van der Waals surface area contributed by atoms with E-state index in [0.29, 0.717) is 18.7 Å². The zero-order chi connectivity index (χ0) is 16.2. The third-order valence-electron chi connectivity index (χ3n) is 4.82. The third-order valence-corrected chi connectivity index (χ3v) is 4.82. The van der Waals surface area contributed by atoms with Crippen molar-refractivity contribution in [2.75, 3.05) is 7.11 Å². The maximum absolute atomic E-state index is 12.3. The summed E-state index contributed by atoms with van der Waals surface area (Å²) in [7, 11) is 1.64. The van der Waals surface area contributed by atoms with Gasteiger partial charge in [0.05, 0.1) is 13.7 Å². The number of rotatable bonds is 6. The summed E-state index contributed by atoms with van der Waals surface area (Å²) in [5.41, 5.74) is 1.00. The van der Waals surface area contributed by atoms with E-state index < -0.39 is 6.10 Å². The lowest BCUT2D eigenvalue weighted by molar-refractivity contribution is -0.133. The molecule has 1 aromatic carbocycles. The molecule has 3 atom stereocenters. The molecule has 1 aromatic rings. The first-order valence-corrected chi connectivity index (χ1v) is 8.45. The SMILES string of the molecule is COc1cccc(COC(C)C(=O)NC2CC3CCC(C2)N3)c1. The highest BCUT2D eigenvalue weighted by Gasteiger charge is 2.34. The van der Waals surface area contributed by atoms with E-state index in [-0.39, 0.29) is 11.9 Å². The molecule has 2 saturated heterocycles. The van der Waals surface area contributed by atoms with Gasteiger partial charge in [-0.25, -0.2) is 0 Å². The molecule has 2 heterocycles. The van der Waals surface area contributed by atoms with Crippen molar-refractivity contribution in [1.82, 2.24) is 10.6 Å². The number of carbonyl (C=O) groups is 1. The Kier molecular flexibility index (Phi) is 5.18. The molecular weight excluding hydrogens is 292 g/mol. The van der Waals surface area contributed by atoms with Crippen LogP contribution in [0.2, 0.25) is 0 Å². The molecule has 0 spiro atoms. The van der Waals surface area contributed by atoms with Gasteiger partial charge in [0.15, 0.2) is 0 Å². The topological polar surface area (TPSA) is 59.6 Å². The van der Waals surface area contributed by atoms with Gasteiger partial charge in [-0.15, -0.1) is 0 Å². The van der Waals surface area contributed by atoms with Crippen LogP contribution in [-0.2, 0) is 16.1 Å². The average Bonchev–Trinajstić information content (AvgIpc) is 2.91. The molecule has 23 heavy (non-hydrogen) atoms. The highest BCUT2D eigenvalue weighted by molar-refractivity contribution is 5.80. The number of methoxy groups -OCH3 is 1. The maximum Gasteiger partial charge on any atom is 0.249 e. The molecule has 2 N–H and O–H groups in total. The van der Waals surface area contributed by atoms with Crippen LogP contribution in [0.5, 0.6) is 5.75 Å². The average molecular weight is 318 g/mol. The highest BCUT2D eigenvalue weighted by atomic mass is 16.5. The van der Waals surface area contributed by atoms with Gasteiger partial charge in [0.25, 0.3) is 0 Å². The minimum absolute atomic E-state index is 0.0146. The number of hydrogen-bond acceptors (Lipinski definition) is 4. The van der Waals surface area contributed by atoms with Crippen molar-refractivity contribution in [2.45, 2.75) is 63.4 Å². The first-order valence-electron chi connectivity index (χ1n) is 8.45. The first kappa shape index (κ1) is 16.3. The van der Waals surface area contributed by atoms with E-state index in [1.807, 2.05) is 31.2 Å². The van der Waals surface area contributed by atoms with E-state index in [1.165, 1.54) is 12.8 Å². The lowest BCUT2D eigenvalue weighted by Crippen LogP contribution is -2.50. The number of ether oxygens (including phenoxy) is 2. The van der Waals surface area contributed by atoms with Gasteiger partial charge in [0, 0.05) is 18.1 Å². The second-order valence-corrected chi connectivity index (χ2v) is 6.62. The van der Waals surface area contributed by atoms with Crippen molar-refractivity contribution in [2.24, 2.45) is 0 Å². The fourth-order valence-corrected chi connectivity index (χ4v) is 3.55. The van der Waals surface area contributed by atoms with Crippen molar-refractivity contribution in [1.29, 1.82) is 0 Å².